The summed E-state index contributed by atoms with van der Waals surface area (Å²) in [5.41, 5.74) is 0.133. The molecule has 2 unspecified atom stereocenters. The molecule has 2 heterocycles. The van der Waals surface area contributed by atoms with Crippen LogP contribution in [0.4, 0.5) is 21.4 Å². The highest BCUT2D eigenvalue weighted by atomic mass is 35.6. The number of hydrogen-bond acceptors (Lipinski definition) is 21. The van der Waals surface area contributed by atoms with Crippen LogP contribution in [0, 0.1) is 11.8 Å². The van der Waals surface area contributed by atoms with Crippen molar-refractivity contribution in [1.82, 2.24) is 15.0 Å². The number of hydroxylamine groups is 4. The number of esters is 4. The van der Waals surface area contributed by atoms with Crippen LogP contribution in [0.1, 0.15) is 170 Å². The third kappa shape index (κ3) is 29.3. The standard InChI is InChI=1S/C25H27F2NO9S2.C22H25NO5S.C8H19N.C3H9ClSi.C3H3F3O4S.CH2Cl2.2CH4.B/c1-4-6-8-15(5-2)13-36-20(29)14-38-19-12-11-18-21-16(19)9-7-10-17(21)22(30)28(23(18)31)37-39(33,34)25(26,27)24(32)35-3;1-3-5-7-14(4-2)12-28-19(24)13-29-18-11-10-17-20-15(18)8-6-9-16(20)21(25)23(27)22(17)26;1-6-9(7(2)3)8(4)5;1-5(2,3)4;1-10-2(7)3(4,5)11(6,8)9;2-1-3;;;/h7,9-12,15H,4-6,8,13-14H2,1-3H3;6,8-11,14,27H,3-5,7,12-13H2,1-2H3;7-8H,6H2,1-5H3;1-3H3;1H3;1H2;2*1H4;. The van der Waals surface area contributed by atoms with Crippen LogP contribution in [-0.2, 0) is 62.8 Å². The second kappa shape index (κ2) is 45.7. The number of carbonyl (C=O) groups excluding carboxylic acids is 8. The third-order valence-electron chi connectivity index (χ3n) is 13.7. The van der Waals surface area contributed by atoms with E-state index in [1.165, 1.54) is 36.0 Å². The first-order valence-corrected chi connectivity index (χ1v) is 40.5. The third-order valence-corrected chi connectivity index (χ3v) is 17.8. The predicted octanol–water partition coefficient (Wildman–Crippen LogP) is 15.5. The van der Waals surface area contributed by atoms with Crippen LogP contribution in [0.5, 0.6) is 0 Å². The summed E-state index contributed by atoms with van der Waals surface area (Å²) in [6.45, 7) is 27.7. The van der Waals surface area contributed by atoms with Gasteiger partial charge in [-0.15, -0.1) is 61.1 Å². The van der Waals surface area contributed by atoms with Crippen molar-refractivity contribution >= 4 is 163 Å². The smallest absolute Gasteiger partial charge is 0.465 e. The minimum Gasteiger partial charge on any atom is -0.465 e. The summed E-state index contributed by atoms with van der Waals surface area (Å²) in [7, 11) is -12.4. The lowest BCUT2D eigenvalue weighted by atomic mass is 9.95. The van der Waals surface area contributed by atoms with E-state index in [1.807, 2.05) is 13.0 Å². The predicted molar refractivity (Wildman–Crippen MR) is 382 cm³/mol. The summed E-state index contributed by atoms with van der Waals surface area (Å²) in [5, 5.41) is 1.20. The molecule has 559 valence electrons. The van der Waals surface area contributed by atoms with Crippen LogP contribution < -0.4 is 0 Å². The number of benzene rings is 4. The van der Waals surface area contributed by atoms with E-state index in [-0.39, 0.29) is 89.8 Å². The van der Waals surface area contributed by atoms with Crippen molar-refractivity contribution < 1.29 is 105 Å². The SMILES string of the molecule is C.C.CCCCC(CC)COC(=O)CSc1ccc2c3c(cccc13)C(=O)N(O)C2=O.CCCCC(CC)COC(=O)CSc1ccc2c3c(cccc13)C(=O)N(OS(=O)(=O)C(F)(F)C(=O)OC)C2=O.CCN(C(C)C)C(C)C.COC(=O)C(F)(F)S(=O)(=O)F.C[Si](C)(C)Cl.ClCCl.[B]. The van der Waals surface area contributed by atoms with Gasteiger partial charge in [0.25, 0.3) is 23.6 Å². The average molecular weight is 1560 g/mol. The second-order valence-corrected chi connectivity index (χ2v) is 35.8. The molecule has 2 aliphatic heterocycles. The van der Waals surface area contributed by atoms with Crippen molar-refractivity contribution in [2.75, 3.05) is 50.8 Å². The number of nitrogens with zero attached hydrogens (tertiary/aromatic N) is 3. The molecule has 0 spiro atoms. The summed E-state index contributed by atoms with van der Waals surface area (Å²) in [6, 6.07) is 16.8. The number of imide groups is 2. The molecule has 2 aliphatic rings. The maximum absolute atomic E-state index is 14.0. The quantitative estimate of drug-likeness (QED) is 0.00554. The maximum Gasteiger partial charge on any atom is 0.470 e. The van der Waals surface area contributed by atoms with Crippen LogP contribution in [0.15, 0.2) is 70.5 Å². The van der Waals surface area contributed by atoms with Gasteiger partial charge in [-0.3, -0.25) is 38.9 Å². The van der Waals surface area contributed by atoms with Gasteiger partial charge in [0, 0.05) is 41.1 Å². The lowest BCUT2D eigenvalue weighted by Crippen LogP contribution is -2.48. The average Bonchev–Trinajstić information content (AvgIpc) is 0.745. The number of methoxy groups -OCH3 is 2. The monoisotopic (exact) mass is 1560 g/mol. The Morgan fingerprint density at radius 3 is 1.24 bits per heavy atom. The van der Waals surface area contributed by atoms with E-state index in [9.17, 15) is 81.8 Å². The number of carbonyl (C=O) groups is 8. The van der Waals surface area contributed by atoms with Crippen LogP contribution in [0.2, 0.25) is 19.6 Å². The zero-order valence-electron chi connectivity index (χ0n) is 56.4. The van der Waals surface area contributed by atoms with E-state index in [0.717, 1.165) is 74.6 Å². The molecule has 99 heavy (non-hydrogen) atoms. The van der Waals surface area contributed by atoms with Crippen LogP contribution in [0.25, 0.3) is 21.5 Å². The van der Waals surface area contributed by atoms with Crippen molar-refractivity contribution in [3.8, 4) is 0 Å². The first-order chi connectivity index (χ1) is 44.6. The van der Waals surface area contributed by atoms with E-state index < -0.39 is 79.8 Å². The number of amides is 4. The molecule has 3 radical (unpaired) electrons. The second-order valence-electron chi connectivity index (χ2n) is 22.5. The minimum atomic E-state index is -6.22. The Morgan fingerprint density at radius 2 is 0.949 bits per heavy atom. The minimum absolute atomic E-state index is 0. The molecule has 4 aromatic carbocycles. The maximum atomic E-state index is 14.0. The molecule has 4 aromatic rings. The van der Waals surface area contributed by atoms with Gasteiger partial charge in [0.05, 0.1) is 66.5 Å². The Morgan fingerprint density at radius 1 is 0.616 bits per heavy atom. The Balaban J connectivity index is -0.00000134. The summed E-state index contributed by atoms with van der Waals surface area (Å²) >= 11 is 17.6. The normalized spacial score (nSPS) is 13.2. The topological polar surface area (TPSA) is 281 Å². The van der Waals surface area contributed by atoms with Gasteiger partial charge in [-0.25, -0.2) is 9.59 Å². The number of ether oxygens (including phenoxy) is 4. The number of unbranched alkanes of at least 4 members (excludes halogenated alkanes) is 2. The first-order valence-electron chi connectivity index (χ1n) is 30.1. The zero-order valence-corrected chi connectivity index (χ0v) is 63.0. The van der Waals surface area contributed by atoms with E-state index >= 15 is 0 Å². The first kappa shape index (κ1) is 98.0. The largest absolute Gasteiger partial charge is 0.470 e. The number of rotatable bonds is 27. The fourth-order valence-corrected chi connectivity index (χ4v) is 11.6. The highest BCUT2D eigenvalue weighted by Gasteiger charge is 2.58. The molecule has 2 atom stereocenters. The van der Waals surface area contributed by atoms with E-state index in [2.05, 4.69) is 93.7 Å². The molecule has 35 heteroatoms. The molecule has 4 amide bonds. The van der Waals surface area contributed by atoms with Crippen LogP contribution in [0.3, 0.4) is 0 Å². The Labute approximate surface area is 605 Å². The van der Waals surface area contributed by atoms with Gasteiger partial charge in [-0.2, -0.15) is 45.5 Å². The van der Waals surface area contributed by atoms with Gasteiger partial charge >= 0.3 is 54.7 Å². The number of alkyl halides is 6. The van der Waals surface area contributed by atoms with Gasteiger partial charge in [0.1, 0.15) is 7.38 Å². The Hall–Kier alpha value is -5.16. The molecular weight excluding hydrogens is 1470 g/mol. The number of halogens is 8. The lowest BCUT2D eigenvalue weighted by molar-refractivity contribution is -0.159. The molecule has 0 fully saturated rings. The van der Waals surface area contributed by atoms with E-state index in [4.69, 9.17) is 43.8 Å². The van der Waals surface area contributed by atoms with Crippen molar-refractivity contribution in [2.45, 2.75) is 181 Å². The van der Waals surface area contributed by atoms with Crippen molar-refractivity contribution in [1.29, 1.82) is 0 Å². The zero-order chi connectivity index (χ0) is 73.9. The molecule has 0 bridgehead atoms. The summed E-state index contributed by atoms with van der Waals surface area (Å²) in [6.07, 6.45) is 8.26. The molecule has 21 nitrogen and oxygen atoms in total. The summed E-state index contributed by atoms with van der Waals surface area (Å²) in [4.78, 5) is 99.8. The Kier molecular flexibility index (Phi) is 45.3. The fraction of sp³-hybridized carbons (Fsp3) is 0.562. The van der Waals surface area contributed by atoms with Gasteiger partial charge in [-0.05, 0) is 106 Å². The van der Waals surface area contributed by atoms with Gasteiger partial charge < -0.3 is 18.9 Å². The van der Waals surface area contributed by atoms with Gasteiger partial charge in [-0.1, -0.05) is 136 Å². The molecule has 0 aliphatic carbocycles. The van der Waals surface area contributed by atoms with Crippen molar-refractivity contribution in [3.63, 3.8) is 0 Å². The van der Waals surface area contributed by atoms with Gasteiger partial charge in [0.15, 0.2) is 0 Å². The number of hydrogen-bond donors (Lipinski definition) is 1. The molecule has 0 aromatic heterocycles. The summed E-state index contributed by atoms with van der Waals surface area (Å²) < 4.78 is 129. The van der Waals surface area contributed by atoms with Crippen LogP contribution in [-0.4, -0.2) is 174 Å². The van der Waals surface area contributed by atoms with E-state index in [1.54, 1.807) is 30.3 Å². The van der Waals surface area contributed by atoms with Crippen molar-refractivity contribution in [2.24, 2.45) is 11.8 Å². The molecular formula is C64H93BCl3F5N3O18S4Si. The molecule has 1 N–H and O–H groups in total. The van der Waals surface area contributed by atoms with Gasteiger partial charge in [0.2, 0.25) is 0 Å². The number of thioether (sulfide) groups is 2. The molecule has 6 rings (SSSR count). The summed E-state index contributed by atoms with van der Waals surface area (Å²) in [5.74, 6) is -8.98. The van der Waals surface area contributed by atoms with Crippen LogP contribution >= 0.6 is 57.8 Å². The Bertz CT molecular complexity index is 3490. The highest BCUT2D eigenvalue weighted by molar-refractivity contribution is 8.00. The molecule has 0 saturated carbocycles. The molecule has 0 saturated heterocycles. The fourth-order valence-electron chi connectivity index (χ4n) is 8.91. The van der Waals surface area contributed by atoms with Crippen molar-refractivity contribution in [3.05, 3.63) is 82.9 Å². The lowest BCUT2D eigenvalue weighted by Gasteiger charge is -2.28. The highest BCUT2D eigenvalue weighted by Crippen LogP contribution is 2.39. The van der Waals surface area contributed by atoms with E-state index in [0.29, 0.717) is 66.5 Å².